The van der Waals surface area contributed by atoms with Crippen LogP contribution in [0.1, 0.15) is 76.1 Å². The second kappa shape index (κ2) is 10.9. The average Bonchev–Trinajstić information content (AvgIpc) is 3.35. The minimum atomic E-state index is 0.0806. The number of fused-ring (bicyclic) bond motifs is 5. The van der Waals surface area contributed by atoms with Crippen LogP contribution in [0.5, 0.6) is 0 Å². The third kappa shape index (κ3) is 5.55. The molecule has 7 heteroatoms. The van der Waals surface area contributed by atoms with E-state index in [-0.39, 0.29) is 41.6 Å². The summed E-state index contributed by atoms with van der Waals surface area (Å²) in [4.78, 5) is 47.4. The molecule has 37 heavy (non-hydrogen) atoms. The lowest BCUT2D eigenvalue weighted by atomic mass is 9.77. The van der Waals surface area contributed by atoms with Gasteiger partial charge in [-0.2, -0.15) is 0 Å². The molecule has 0 radical (unpaired) electrons. The lowest BCUT2D eigenvalue weighted by molar-refractivity contribution is -0.141. The summed E-state index contributed by atoms with van der Waals surface area (Å²) in [5.74, 6) is 1.67. The van der Waals surface area contributed by atoms with Crippen LogP contribution >= 0.6 is 0 Å². The van der Waals surface area contributed by atoms with Crippen molar-refractivity contribution in [2.45, 2.75) is 77.8 Å². The van der Waals surface area contributed by atoms with E-state index in [2.05, 4.69) is 36.0 Å². The topological polar surface area (TPSA) is 85.5 Å². The quantitative estimate of drug-likeness (QED) is 0.625. The third-order valence-electron chi connectivity index (χ3n) is 8.95. The molecule has 0 saturated carbocycles. The van der Waals surface area contributed by atoms with Gasteiger partial charge >= 0.3 is 0 Å². The fourth-order valence-electron chi connectivity index (χ4n) is 6.92. The first-order valence-corrected chi connectivity index (χ1v) is 14.2. The molecule has 0 unspecified atom stereocenters. The highest BCUT2D eigenvalue weighted by molar-refractivity contribution is 6.06. The molecule has 3 aliphatic heterocycles. The van der Waals surface area contributed by atoms with Crippen molar-refractivity contribution in [2.24, 2.45) is 23.7 Å². The van der Waals surface area contributed by atoms with Gasteiger partial charge in [-0.1, -0.05) is 26.8 Å². The average molecular weight is 507 g/mol. The molecule has 1 aromatic heterocycles. The van der Waals surface area contributed by atoms with Gasteiger partial charge in [0.1, 0.15) is 0 Å². The number of hydrogen-bond donors (Lipinski definition) is 2. The molecule has 0 spiro atoms. The lowest BCUT2D eigenvalue weighted by Crippen LogP contribution is -2.60. The van der Waals surface area contributed by atoms with Crippen LogP contribution in [0.25, 0.3) is 10.9 Å². The van der Waals surface area contributed by atoms with Gasteiger partial charge in [-0.25, -0.2) is 0 Å². The molecule has 2 aromatic rings. The molecule has 0 aliphatic carbocycles. The molecule has 4 heterocycles. The molecular weight excluding hydrogens is 464 g/mol. The van der Waals surface area contributed by atoms with Crippen LogP contribution in [-0.4, -0.2) is 64.2 Å². The van der Waals surface area contributed by atoms with Gasteiger partial charge in [0.15, 0.2) is 0 Å². The van der Waals surface area contributed by atoms with Crippen LogP contribution in [0.3, 0.4) is 0 Å². The molecule has 2 bridgehead atoms. The Kier molecular flexibility index (Phi) is 7.59. The van der Waals surface area contributed by atoms with Gasteiger partial charge in [0, 0.05) is 67.2 Å². The molecule has 3 aliphatic rings. The molecule has 7 nitrogen and oxygen atoms in total. The number of hydrogen-bond acceptors (Lipinski definition) is 3. The fraction of sp³-hybridized carbons (Fsp3) is 0.633. The number of likely N-dealkylation sites (tertiary alicyclic amines) is 1. The van der Waals surface area contributed by atoms with Gasteiger partial charge in [-0.15, -0.1) is 0 Å². The summed E-state index contributed by atoms with van der Waals surface area (Å²) in [6.07, 6.45) is 7.40. The standard InChI is InChI=1S/C30H42N4O3/c1-19(2)25-11-10-20(3)14-29(36)34-17-21-15-22(27(34)8-5-9-28(35)32-25)18-33(16-21)30(37)24-6-4-7-26-23(24)12-13-31-26/h4,6-7,12-13,19-22,25,27,31H,5,8-11,14-18H2,1-3H3,(H,32,35)/t20-,21+,22+,25+,27+/m1/s1. The first-order chi connectivity index (χ1) is 17.8. The highest BCUT2D eigenvalue weighted by atomic mass is 16.2. The third-order valence-corrected chi connectivity index (χ3v) is 8.95. The van der Waals surface area contributed by atoms with Crippen LogP contribution in [0.2, 0.25) is 0 Å². The number of aromatic amines is 1. The van der Waals surface area contributed by atoms with Gasteiger partial charge < -0.3 is 20.1 Å². The van der Waals surface area contributed by atoms with Crippen LogP contribution in [0, 0.1) is 23.7 Å². The summed E-state index contributed by atoms with van der Waals surface area (Å²) in [5, 5.41) is 4.22. The Bertz CT molecular complexity index is 1140. The van der Waals surface area contributed by atoms with E-state index in [1.165, 1.54) is 0 Å². The molecule has 200 valence electrons. The molecule has 3 fully saturated rings. The predicted molar refractivity (Wildman–Crippen MR) is 145 cm³/mol. The SMILES string of the molecule is CC(C)[C@@H]1CC[C@@H](C)CC(=O)N2C[C@H]3C[C@@H](CN(C(=O)c4cccc5[nH]ccc45)C3)[C@@H]2CCCC(=O)N1. The predicted octanol–water partition coefficient (Wildman–Crippen LogP) is 4.59. The van der Waals surface area contributed by atoms with Crippen LogP contribution in [0.4, 0.5) is 0 Å². The van der Waals surface area contributed by atoms with E-state index >= 15 is 0 Å². The van der Waals surface area contributed by atoms with Crippen molar-refractivity contribution >= 4 is 28.6 Å². The van der Waals surface area contributed by atoms with Gasteiger partial charge in [-0.05, 0) is 74.0 Å². The number of piperidine rings is 2. The summed E-state index contributed by atoms with van der Waals surface area (Å²) in [7, 11) is 0. The molecule has 1 aromatic carbocycles. The Hall–Kier alpha value is -2.83. The Morgan fingerprint density at radius 2 is 1.89 bits per heavy atom. The number of amides is 3. The maximum atomic E-state index is 13.7. The zero-order valence-electron chi connectivity index (χ0n) is 22.5. The van der Waals surface area contributed by atoms with Crippen LogP contribution in [-0.2, 0) is 9.59 Å². The Morgan fingerprint density at radius 1 is 1.05 bits per heavy atom. The summed E-state index contributed by atoms with van der Waals surface area (Å²) in [6.45, 7) is 8.55. The lowest BCUT2D eigenvalue weighted by Gasteiger charge is -2.51. The highest BCUT2D eigenvalue weighted by Gasteiger charge is 2.44. The van der Waals surface area contributed by atoms with Crippen LogP contribution in [0.15, 0.2) is 30.5 Å². The summed E-state index contributed by atoms with van der Waals surface area (Å²) >= 11 is 0. The van der Waals surface area contributed by atoms with Crippen molar-refractivity contribution in [3.8, 4) is 0 Å². The largest absolute Gasteiger partial charge is 0.361 e. The number of carbonyl (C=O) groups excluding carboxylic acids is 3. The Balaban J connectivity index is 1.34. The number of nitrogens with zero attached hydrogens (tertiary/aromatic N) is 2. The van der Waals surface area contributed by atoms with E-state index in [1.54, 1.807) is 0 Å². The molecular formula is C30H42N4O3. The maximum absolute atomic E-state index is 13.7. The van der Waals surface area contributed by atoms with E-state index in [0.717, 1.165) is 48.6 Å². The number of nitrogens with one attached hydrogen (secondary N) is 2. The van der Waals surface area contributed by atoms with Crippen molar-refractivity contribution in [1.29, 1.82) is 0 Å². The number of benzene rings is 1. The molecule has 3 saturated heterocycles. The number of aromatic nitrogens is 1. The summed E-state index contributed by atoms with van der Waals surface area (Å²) < 4.78 is 0. The van der Waals surface area contributed by atoms with E-state index in [4.69, 9.17) is 0 Å². The summed E-state index contributed by atoms with van der Waals surface area (Å²) in [6, 6.07) is 8.07. The van der Waals surface area contributed by atoms with E-state index in [9.17, 15) is 14.4 Å². The normalized spacial score (nSPS) is 29.8. The summed E-state index contributed by atoms with van der Waals surface area (Å²) in [5.41, 5.74) is 1.72. The van der Waals surface area contributed by atoms with Crippen molar-refractivity contribution < 1.29 is 14.4 Å². The minimum Gasteiger partial charge on any atom is -0.361 e. The van der Waals surface area contributed by atoms with Gasteiger partial charge in [0.05, 0.1) is 0 Å². The fourth-order valence-corrected chi connectivity index (χ4v) is 6.92. The van der Waals surface area contributed by atoms with Gasteiger partial charge in [-0.3, -0.25) is 14.4 Å². The van der Waals surface area contributed by atoms with Crippen molar-refractivity contribution in [3.63, 3.8) is 0 Å². The second-order valence-corrected chi connectivity index (χ2v) is 12.1. The monoisotopic (exact) mass is 506 g/mol. The first-order valence-electron chi connectivity index (χ1n) is 14.2. The van der Waals surface area contributed by atoms with E-state index < -0.39 is 0 Å². The van der Waals surface area contributed by atoms with Gasteiger partial charge in [0.2, 0.25) is 11.8 Å². The number of carbonyl (C=O) groups is 3. The second-order valence-electron chi connectivity index (χ2n) is 12.1. The zero-order valence-corrected chi connectivity index (χ0v) is 22.5. The van der Waals surface area contributed by atoms with Crippen molar-refractivity contribution in [1.82, 2.24) is 20.1 Å². The van der Waals surface area contributed by atoms with E-state index in [0.29, 0.717) is 44.3 Å². The zero-order chi connectivity index (χ0) is 26.1. The smallest absolute Gasteiger partial charge is 0.254 e. The molecule has 5 atom stereocenters. The van der Waals surface area contributed by atoms with Gasteiger partial charge in [0.25, 0.3) is 5.91 Å². The molecule has 3 amide bonds. The first kappa shape index (κ1) is 25.8. The van der Waals surface area contributed by atoms with Crippen molar-refractivity contribution in [2.75, 3.05) is 19.6 Å². The van der Waals surface area contributed by atoms with Crippen molar-refractivity contribution in [3.05, 3.63) is 36.0 Å². The van der Waals surface area contributed by atoms with Crippen LogP contribution < -0.4 is 5.32 Å². The highest BCUT2D eigenvalue weighted by Crippen LogP contribution is 2.37. The maximum Gasteiger partial charge on any atom is 0.254 e. The Morgan fingerprint density at radius 3 is 2.70 bits per heavy atom. The Labute approximate surface area is 220 Å². The number of rotatable bonds is 2. The van der Waals surface area contributed by atoms with E-state index in [1.807, 2.05) is 35.4 Å². The minimum absolute atomic E-state index is 0.0806. The molecule has 2 N–H and O–H groups in total. The number of H-pyrrole nitrogens is 1. The molecule has 5 rings (SSSR count).